The molecule has 0 fully saturated rings. The van der Waals surface area contributed by atoms with Gasteiger partial charge in [0.2, 0.25) is 0 Å². The largest absolute Gasteiger partial charge is 0.469 e. The van der Waals surface area contributed by atoms with Crippen LogP contribution in [-0.2, 0) is 9.53 Å². The quantitative estimate of drug-likeness (QED) is 0.634. The molecule has 0 aromatic heterocycles. The molecule has 0 saturated carbocycles. The lowest BCUT2D eigenvalue weighted by atomic mass is 10.2. The number of thiocarbonyl (C=S) groups is 1. The van der Waals surface area contributed by atoms with Gasteiger partial charge in [-0.25, -0.2) is 0 Å². The molecule has 0 aliphatic heterocycles. The molecule has 0 amide bonds. The predicted octanol–water partition coefficient (Wildman–Crippen LogP) is 1.95. The number of carbonyl (C=O) groups excluding carboxylic acids is 1. The molecule has 1 rings (SSSR count). The zero-order valence-electron chi connectivity index (χ0n) is 9.33. The number of ether oxygens (including phenoxy) is 1. The summed E-state index contributed by atoms with van der Waals surface area (Å²) in [7, 11) is 1.36. The van der Waals surface area contributed by atoms with Crippen molar-refractivity contribution in [2.75, 3.05) is 19.0 Å². The number of nitrogens with one attached hydrogen (secondary N) is 1. The van der Waals surface area contributed by atoms with Crippen LogP contribution in [0, 0.1) is 0 Å². The van der Waals surface area contributed by atoms with E-state index in [-0.39, 0.29) is 11.0 Å². The number of methoxy groups -OCH3 is 1. The number of anilines is 1. The summed E-state index contributed by atoms with van der Waals surface area (Å²) in [6.07, 6.45) is 0.297. The molecule has 6 heteroatoms. The average Bonchev–Trinajstić information content (AvgIpc) is 2.28. The summed E-state index contributed by atoms with van der Waals surface area (Å²) in [5.41, 5.74) is 6.93. The van der Waals surface area contributed by atoms with Crippen molar-refractivity contribution in [3.63, 3.8) is 0 Å². The Morgan fingerprint density at radius 1 is 1.59 bits per heavy atom. The summed E-state index contributed by atoms with van der Waals surface area (Å²) in [5, 5.41) is 3.53. The highest BCUT2D eigenvalue weighted by atomic mass is 35.5. The van der Waals surface area contributed by atoms with Gasteiger partial charge in [0.25, 0.3) is 0 Å². The molecule has 0 aliphatic rings. The Kier molecular flexibility index (Phi) is 5.18. The van der Waals surface area contributed by atoms with E-state index >= 15 is 0 Å². The van der Waals surface area contributed by atoms with E-state index in [2.05, 4.69) is 10.1 Å². The molecular weight excluding hydrogens is 260 g/mol. The summed E-state index contributed by atoms with van der Waals surface area (Å²) in [5.74, 6) is -0.261. The smallest absolute Gasteiger partial charge is 0.307 e. The van der Waals surface area contributed by atoms with E-state index < -0.39 is 0 Å². The van der Waals surface area contributed by atoms with Crippen LogP contribution in [0.1, 0.15) is 12.0 Å². The Morgan fingerprint density at radius 3 is 2.82 bits per heavy atom. The van der Waals surface area contributed by atoms with Gasteiger partial charge in [-0.15, -0.1) is 0 Å². The Balaban J connectivity index is 2.59. The molecule has 0 aliphatic carbocycles. The summed E-state index contributed by atoms with van der Waals surface area (Å²) >= 11 is 10.8. The zero-order chi connectivity index (χ0) is 12.8. The van der Waals surface area contributed by atoms with Crippen LogP contribution < -0.4 is 11.1 Å². The Hall–Kier alpha value is -1.33. The second-order valence-electron chi connectivity index (χ2n) is 3.31. The fraction of sp³-hybridized carbons (Fsp3) is 0.273. The fourth-order valence-electron chi connectivity index (χ4n) is 1.24. The summed E-state index contributed by atoms with van der Waals surface area (Å²) in [4.78, 5) is 11.2. The highest BCUT2D eigenvalue weighted by Gasteiger charge is 2.05. The molecular formula is C11H13ClN2O2S. The van der Waals surface area contributed by atoms with Gasteiger partial charge in [-0.3, -0.25) is 4.79 Å². The van der Waals surface area contributed by atoms with Gasteiger partial charge in [-0.05, 0) is 18.2 Å². The third-order valence-electron chi connectivity index (χ3n) is 2.12. The first-order chi connectivity index (χ1) is 8.04. The molecule has 0 radical (unpaired) electrons. The third kappa shape index (κ3) is 4.20. The van der Waals surface area contributed by atoms with E-state index in [1.165, 1.54) is 7.11 Å². The predicted molar refractivity (Wildman–Crippen MR) is 72.5 cm³/mol. The monoisotopic (exact) mass is 272 g/mol. The van der Waals surface area contributed by atoms with Crippen molar-refractivity contribution in [3.05, 3.63) is 28.8 Å². The lowest BCUT2D eigenvalue weighted by molar-refractivity contribution is -0.140. The van der Waals surface area contributed by atoms with Crippen LogP contribution in [0.15, 0.2) is 18.2 Å². The minimum Gasteiger partial charge on any atom is -0.469 e. The van der Waals surface area contributed by atoms with Gasteiger partial charge in [0, 0.05) is 17.8 Å². The van der Waals surface area contributed by atoms with Gasteiger partial charge >= 0.3 is 5.97 Å². The fourth-order valence-corrected chi connectivity index (χ4v) is 1.75. The van der Waals surface area contributed by atoms with Crippen LogP contribution in [0.25, 0.3) is 0 Å². The lowest BCUT2D eigenvalue weighted by Crippen LogP contribution is -2.11. The van der Waals surface area contributed by atoms with Crippen LogP contribution in [0.4, 0.5) is 5.69 Å². The normalized spacial score (nSPS) is 9.76. The van der Waals surface area contributed by atoms with Crippen molar-refractivity contribution in [2.45, 2.75) is 6.42 Å². The second-order valence-corrected chi connectivity index (χ2v) is 4.16. The molecule has 17 heavy (non-hydrogen) atoms. The summed E-state index contributed by atoms with van der Waals surface area (Å²) in [6, 6.07) is 5.26. The van der Waals surface area contributed by atoms with Gasteiger partial charge in [-0.2, -0.15) is 0 Å². The molecule has 0 spiro atoms. The second kappa shape index (κ2) is 6.42. The Morgan fingerprint density at radius 2 is 2.29 bits per heavy atom. The Bertz CT molecular complexity index is 437. The van der Waals surface area contributed by atoms with Crippen LogP contribution in [0.5, 0.6) is 0 Å². The first kappa shape index (κ1) is 13.7. The van der Waals surface area contributed by atoms with E-state index in [9.17, 15) is 4.79 Å². The first-order valence-corrected chi connectivity index (χ1v) is 5.73. The van der Waals surface area contributed by atoms with Gasteiger partial charge in [0.15, 0.2) is 0 Å². The van der Waals surface area contributed by atoms with Gasteiger partial charge in [0.1, 0.15) is 4.99 Å². The number of carbonyl (C=O) groups is 1. The van der Waals surface area contributed by atoms with Gasteiger partial charge in [0.05, 0.1) is 18.6 Å². The van der Waals surface area contributed by atoms with Crippen LogP contribution in [0.2, 0.25) is 5.02 Å². The topological polar surface area (TPSA) is 64.3 Å². The zero-order valence-corrected chi connectivity index (χ0v) is 10.9. The minimum atomic E-state index is -0.261. The average molecular weight is 273 g/mol. The molecule has 4 nitrogen and oxygen atoms in total. The van der Waals surface area contributed by atoms with E-state index in [1.54, 1.807) is 18.2 Å². The number of rotatable bonds is 5. The molecule has 0 bridgehead atoms. The van der Waals surface area contributed by atoms with E-state index in [0.29, 0.717) is 23.6 Å². The number of hydrogen-bond donors (Lipinski definition) is 2. The third-order valence-corrected chi connectivity index (χ3v) is 2.65. The molecule has 92 valence electrons. The highest BCUT2D eigenvalue weighted by Crippen LogP contribution is 2.20. The molecule has 0 unspecified atom stereocenters. The maximum atomic E-state index is 10.9. The molecule has 0 saturated heterocycles. The summed E-state index contributed by atoms with van der Waals surface area (Å²) < 4.78 is 4.52. The van der Waals surface area contributed by atoms with Crippen LogP contribution >= 0.6 is 23.8 Å². The van der Waals surface area contributed by atoms with Crippen molar-refractivity contribution < 1.29 is 9.53 Å². The summed E-state index contributed by atoms with van der Waals surface area (Å²) in [6.45, 7) is 0.482. The SMILES string of the molecule is COC(=O)CCNc1ccc(C(N)=S)c(Cl)c1. The minimum absolute atomic E-state index is 0.260. The Labute approximate surface area is 110 Å². The van der Waals surface area contributed by atoms with E-state index in [4.69, 9.17) is 29.6 Å². The van der Waals surface area contributed by atoms with Gasteiger partial charge in [-0.1, -0.05) is 23.8 Å². The lowest BCUT2D eigenvalue weighted by Gasteiger charge is -2.08. The maximum absolute atomic E-state index is 10.9. The molecule has 0 atom stereocenters. The van der Waals surface area contributed by atoms with Crippen molar-refractivity contribution in [1.29, 1.82) is 0 Å². The molecule has 1 aromatic rings. The van der Waals surface area contributed by atoms with Gasteiger partial charge < -0.3 is 15.8 Å². The van der Waals surface area contributed by atoms with Crippen LogP contribution in [0.3, 0.4) is 0 Å². The van der Waals surface area contributed by atoms with E-state index in [0.717, 1.165) is 5.69 Å². The van der Waals surface area contributed by atoms with Crippen molar-refractivity contribution in [1.82, 2.24) is 0 Å². The van der Waals surface area contributed by atoms with Crippen molar-refractivity contribution in [3.8, 4) is 0 Å². The van der Waals surface area contributed by atoms with Crippen molar-refractivity contribution >= 4 is 40.5 Å². The highest BCUT2D eigenvalue weighted by molar-refractivity contribution is 7.80. The molecule has 3 N–H and O–H groups in total. The number of benzene rings is 1. The number of hydrogen-bond acceptors (Lipinski definition) is 4. The van der Waals surface area contributed by atoms with E-state index in [1.807, 2.05) is 0 Å². The number of esters is 1. The number of nitrogens with two attached hydrogens (primary N) is 1. The number of halogens is 1. The van der Waals surface area contributed by atoms with Crippen molar-refractivity contribution in [2.24, 2.45) is 5.73 Å². The molecule has 1 aromatic carbocycles. The van der Waals surface area contributed by atoms with Crippen LogP contribution in [-0.4, -0.2) is 24.6 Å². The first-order valence-electron chi connectivity index (χ1n) is 4.94. The maximum Gasteiger partial charge on any atom is 0.307 e. The standard InChI is InChI=1S/C11H13ClN2O2S/c1-16-10(15)4-5-14-7-2-3-8(11(13)17)9(12)6-7/h2-3,6,14H,4-5H2,1H3,(H2,13,17). The molecule has 0 heterocycles.